The zero-order valence-corrected chi connectivity index (χ0v) is 11.4. The van der Waals surface area contributed by atoms with E-state index in [1.54, 1.807) is 0 Å². The summed E-state index contributed by atoms with van der Waals surface area (Å²) in [7, 11) is 0. The van der Waals surface area contributed by atoms with Crippen LogP contribution in [-0.4, -0.2) is 40.5 Å². The van der Waals surface area contributed by atoms with Crippen LogP contribution in [0, 0.1) is 21.4 Å². The van der Waals surface area contributed by atoms with Crippen molar-refractivity contribution in [3.8, 4) is 6.07 Å². The molecule has 1 aromatic rings. The minimum Gasteiger partial charge on any atom is -0.367 e. The van der Waals surface area contributed by atoms with E-state index in [2.05, 4.69) is 22.1 Å². The van der Waals surface area contributed by atoms with E-state index in [4.69, 9.17) is 5.26 Å². The topological polar surface area (TPSA) is 95.1 Å². The summed E-state index contributed by atoms with van der Waals surface area (Å²) in [5.74, 6) is 0.418. The van der Waals surface area contributed by atoms with Crippen molar-refractivity contribution in [3.63, 3.8) is 0 Å². The van der Waals surface area contributed by atoms with Gasteiger partial charge in [-0.3, -0.25) is 15.0 Å². The molecule has 1 aliphatic heterocycles. The Morgan fingerprint density at radius 2 is 2.50 bits per heavy atom. The van der Waals surface area contributed by atoms with Crippen molar-refractivity contribution in [3.05, 3.63) is 27.9 Å². The minimum atomic E-state index is -0.548. The Morgan fingerprint density at radius 1 is 1.70 bits per heavy atom. The molecule has 2 heterocycles. The Balaban J connectivity index is 2.06. The van der Waals surface area contributed by atoms with Crippen molar-refractivity contribution < 1.29 is 4.92 Å². The third-order valence-electron chi connectivity index (χ3n) is 3.61. The first-order valence-corrected chi connectivity index (χ1v) is 6.68. The molecule has 0 amide bonds. The maximum absolute atomic E-state index is 10.7. The Labute approximate surface area is 117 Å². The molecule has 1 fully saturated rings. The predicted molar refractivity (Wildman–Crippen MR) is 74.4 cm³/mol. The Morgan fingerprint density at radius 3 is 3.15 bits per heavy atom. The molecule has 0 aliphatic carbocycles. The van der Waals surface area contributed by atoms with Crippen LogP contribution in [0.1, 0.15) is 25.3 Å². The number of nitro groups is 1. The molecule has 1 N–H and O–H groups in total. The maximum atomic E-state index is 10.7. The fraction of sp³-hybridized carbons (Fsp3) is 0.538. The van der Waals surface area contributed by atoms with E-state index in [9.17, 15) is 10.1 Å². The second-order valence-electron chi connectivity index (χ2n) is 4.76. The molecule has 1 aromatic heterocycles. The number of hydrogen-bond donors (Lipinski definition) is 1. The van der Waals surface area contributed by atoms with Gasteiger partial charge in [0.1, 0.15) is 23.6 Å². The highest BCUT2D eigenvalue weighted by molar-refractivity contribution is 5.55. The fourth-order valence-electron chi connectivity index (χ4n) is 2.54. The molecule has 0 spiro atoms. The molecule has 0 aromatic carbocycles. The number of nitrogens with one attached hydrogen (secondary N) is 1. The molecule has 0 bridgehead atoms. The average molecular weight is 275 g/mol. The van der Waals surface area contributed by atoms with Crippen LogP contribution in [0.25, 0.3) is 0 Å². The van der Waals surface area contributed by atoms with Crippen molar-refractivity contribution in [2.24, 2.45) is 0 Å². The second kappa shape index (κ2) is 6.30. The number of nitrogens with zero attached hydrogens (tertiary/aromatic N) is 4. The Kier molecular flexibility index (Phi) is 4.48. The molecule has 1 atom stereocenters. The molecule has 7 heteroatoms. The van der Waals surface area contributed by atoms with Crippen LogP contribution in [0.15, 0.2) is 12.3 Å². The zero-order chi connectivity index (χ0) is 14.5. The third-order valence-corrected chi connectivity index (χ3v) is 3.61. The van der Waals surface area contributed by atoms with Crippen molar-refractivity contribution in [1.82, 2.24) is 9.88 Å². The van der Waals surface area contributed by atoms with Crippen molar-refractivity contribution in [2.45, 2.75) is 25.8 Å². The largest absolute Gasteiger partial charge is 0.367 e. The monoisotopic (exact) mass is 275 g/mol. The molecular formula is C13H17N5O2. The van der Waals surface area contributed by atoms with Gasteiger partial charge in [0.15, 0.2) is 0 Å². The lowest BCUT2D eigenvalue weighted by molar-refractivity contribution is -0.385. The first kappa shape index (κ1) is 14.2. The molecular weight excluding hydrogens is 258 g/mol. The maximum Gasteiger partial charge on any atom is 0.289 e. The third kappa shape index (κ3) is 3.03. The van der Waals surface area contributed by atoms with Gasteiger partial charge in [-0.25, -0.2) is 4.98 Å². The highest BCUT2D eigenvalue weighted by Gasteiger charge is 2.23. The van der Waals surface area contributed by atoms with Crippen molar-refractivity contribution in [1.29, 1.82) is 5.26 Å². The first-order valence-electron chi connectivity index (χ1n) is 6.68. The number of nitriles is 1. The molecule has 1 aliphatic rings. The van der Waals surface area contributed by atoms with Crippen LogP contribution >= 0.6 is 0 Å². The van der Waals surface area contributed by atoms with Crippen molar-refractivity contribution >= 4 is 11.5 Å². The summed E-state index contributed by atoms with van der Waals surface area (Å²) in [5, 5.41) is 22.8. The average Bonchev–Trinajstić information content (AvgIpc) is 2.92. The van der Waals surface area contributed by atoms with Crippen LogP contribution < -0.4 is 5.32 Å². The van der Waals surface area contributed by atoms with Crippen LogP contribution in [0.3, 0.4) is 0 Å². The zero-order valence-electron chi connectivity index (χ0n) is 11.4. The molecule has 1 unspecified atom stereocenters. The number of likely N-dealkylation sites (tertiary alicyclic amines) is 1. The van der Waals surface area contributed by atoms with Crippen LogP contribution in [0.5, 0.6) is 0 Å². The lowest BCUT2D eigenvalue weighted by Gasteiger charge is -2.23. The van der Waals surface area contributed by atoms with Crippen LogP contribution in [0.2, 0.25) is 0 Å². The van der Waals surface area contributed by atoms with E-state index < -0.39 is 4.92 Å². The molecule has 7 nitrogen and oxygen atoms in total. The second-order valence-corrected chi connectivity index (χ2v) is 4.76. The van der Waals surface area contributed by atoms with Gasteiger partial charge in [0.25, 0.3) is 5.69 Å². The predicted octanol–water partition coefficient (Wildman–Crippen LogP) is 1.76. The number of likely N-dealkylation sites (N-methyl/N-ethyl adjacent to an activating group) is 1. The standard InChI is InChI=1S/C13H17N5O2/c1-2-17-5-3-4-11(17)8-15-13-10(7-14)6-12(9-16-13)18(19)20/h6,9,11H,2-5,8H2,1H3,(H,15,16). The molecule has 0 radical (unpaired) electrons. The lowest BCUT2D eigenvalue weighted by Crippen LogP contribution is -2.34. The number of anilines is 1. The van der Waals surface area contributed by atoms with E-state index >= 15 is 0 Å². The molecule has 1 saturated heterocycles. The van der Waals surface area contributed by atoms with Gasteiger partial charge < -0.3 is 5.32 Å². The summed E-state index contributed by atoms with van der Waals surface area (Å²) >= 11 is 0. The van der Waals surface area contributed by atoms with Gasteiger partial charge in [0.2, 0.25) is 0 Å². The Hall–Kier alpha value is -2.20. The summed E-state index contributed by atoms with van der Waals surface area (Å²) in [4.78, 5) is 16.5. The summed E-state index contributed by atoms with van der Waals surface area (Å²) < 4.78 is 0. The molecule has 106 valence electrons. The summed E-state index contributed by atoms with van der Waals surface area (Å²) in [6.45, 7) is 4.93. The number of aromatic nitrogens is 1. The van der Waals surface area contributed by atoms with E-state index in [-0.39, 0.29) is 11.3 Å². The quantitative estimate of drug-likeness (QED) is 0.649. The number of pyridine rings is 1. The van der Waals surface area contributed by atoms with Gasteiger partial charge in [-0.1, -0.05) is 6.92 Å². The van der Waals surface area contributed by atoms with Gasteiger partial charge in [-0.05, 0) is 25.9 Å². The normalized spacial score (nSPS) is 18.7. The highest BCUT2D eigenvalue weighted by Crippen LogP contribution is 2.20. The summed E-state index contributed by atoms with van der Waals surface area (Å²) in [6, 6.07) is 3.63. The summed E-state index contributed by atoms with van der Waals surface area (Å²) in [5.41, 5.74) is 0.0448. The lowest BCUT2D eigenvalue weighted by atomic mass is 10.2. The molecule has 2 rings (SSSR count). The van der Waals surface area contributed by atoms with Crippen LogP contribution in [-0.2, 0) is 0 Å². The van der Waals surface area contributed by atoms with E-state index in [0.29, 0.717) is 18.4 Å². The first-order chi connectivity index (χ1) is 9.65. The number of rotatable bonds is 5. The van der Waals surface area contributed by atoms with E-state index in [0.717, 1.165) is 19.5 Å². The van der Waals surface area contributed by atoms with Gasteiger partial charge in [-0.2, -0.15) is 5.26 Å². The van der Waals surface area contributed by atoms with Gasteiger partial charge in [-0.15, -0.1) is 0 Å². The van der Waals surface area contributed by atoms with Crippen molar-refractivity contribution in [2.75, 3.05) is 25.0 Å². The Bertz CT molecular complexity index is 540. The van der Waals surface area contributed by atoms with Gasteiger partial charge in [0, 0.05) is 18.7 Å². The summed E-state index contributed by atoms with van der Waals surface area (Å²) in [6.07, 6.45) is 3.48. The smallest absolute Gasteiger partial charge is 0.289 e. The van der Waals surface area contributed by atoms with E-state index in [1.165, 1.54) is 18.7 Å². The molecule has 20 heavy (non-hydrogen) atoms. The number of hydrogen-bond acceptors (Lipinski definition) is 6. The fourth-order valence-corrected chi connectivity index (χ4v) is 2.54. The molecule has 0 saturated carbocycles. The van der Waals surface area contributed by atoms with E-state index in [1.807, 2.05) is 6.07 Å². The highest BCUT2D eigenvalue weighted by atomic mass is 16.6. The SMILES string of the molecule is CCN1CCCC1CNc1ncc([N+](=O)[O-])cc1C#N. The van der Waals surface area contributed by atoms with Gasteiger partial charge >= 0.3 is 0 Å². The van der Waals surface area contributed by atoms with Crippen LogP contribution in [0.4, 0.5) is 11.5 Å². The minimum absolute atomic E-state index is 0.164. The van der Waals surface area contributed by atoms with Gasteiger partial charge in [0.05, 0.1) is 4.92 Å².